The van der Waals surface area contributed by atoms with E-state index < -0.39 is 5.60 Å². The molecular formula is C15H31N3O3. The van der Waals surface area contributed by atoms with Crippen LogP contribution < -0.4 is 11.1 Å². The molecule has 3 N–H and O–H groups in total. The van der Waals surface area contributed by atoms with E-state index in [4.69, 9.17) is 15.2 Å². The third kappa shape index (κ3) is 7.11. The predicted molar refractivity (Wildman–Crippen MR) is 83.3 cm³/mol. The summed E-state index contributed by atoms with van der Waals surface area (Å²) in [7, 11) is 0. The van der Waals surface area contributed by atoms with Crippen LogP contribution in [0.4, 0.5) is 4.79 Å². The van der Waals surface area contributed by atoms with Gasteiger partial charge in [0.15, 0.2) is 0 Å². The molecule has 1 fully saturated rings. The van der Waals surface area contributed by atoms with Crippen molar-refractivity contribution in [2.45, 2.75) is 64.9 Å². The summed E-state index contributed by atoms with van der Waals surface area (Å²) in [5, 5.41) is 2.79. The van der Waals surface area contributed by atoms with Crippen LogP contribution in [0, 0.1) is 0 Å². The van der Waals surface area contributed by atoms with Crippen molar-refractivity contribution in [3.63, 3.8) is 0 Å². The molecule has 0 aliphatic carbocycles. The Morgan fingerprint density at radius 2 is 1.95 bits per heavy atom. The van der Waals surface area contributed by atoms with E-state index in [1.54, 1.807) is 0 Å². The van der Waals surface area contributed by atoms with Gasteiger partial charge in [0.25, 0.3) is 0 Å². The van der Waals surface area contributed by atoms with Crippen molar-refractivity contribution >= 4 is 6.09 Å². The number of nitrogens with two attached hydrogens (primary N) is 1. The van der Waals surface area contributed by atoms with Crippen LogP contribution >= 0.6 is 0 Å². The summed E-state index contributed by atoms with van der Waals surface area (Å²) in [6.07, 6.45) is 0.889. The maximum atomic E-state index is 11.6. The van der Waals surface area contributed by atoms with Gasteiger partial charge in [-0.15, -0.1) is 0 Å². The molecule has 0 aromatic heterocycles. The molecule has 1 heterocycles. The van der Waals surface area contributed by atoms with Gasteiger partial charge in [-0.3, -0.25) is 4.90 Å². The van der Waals surface area contributed by atoms with Gasteiger partial charge in [0.1, 0.15) is 5.60 Å². The van der Waals surface area contributed by atoms with Crippen LogP contribution in [0.3, 0.4) is 0 Å². The number of morpholine rings is 1. The molecule has 0 aromatic carbocycles. The molecule has 124 valence electrons. The van der Waals surface area contributed by atoms with E-state index in [0.29, 0.717) is 13.1 Å². The minimum absolute atomic E-state index is 0.224. The van der Waals surface area contributed by atoms with Crippen molar-refractivity contribution in [2.24, 2.45) is 5.73 Å². The Hall–Kier alpha value is -0.850. The van der Waals surface area contributed by atoms with E-state index in [2.05, 4.69) is 24.1 Å². The third-order valence-corrected chi connectivity index (χ3v) is 3.38. The average Bonchev–Trinajstić information content (AvgIpc) is 2.31. The third-order valence-electron chi connectivity index (χ3n) is 3.38. The van der Waals surface area contributed by atoms with Gasteiger partial charge >= 0.3 is 6.09 Å². The first-order valence-electron chi connectivity index (χ1n) is 7.77. The van der Waals surface area contributed by atoms with Gasteiger partial charge in [-0.1, -0.05) is 0 Å². The lowest BCUT2D eigenvalue weighted by Crippen LogP contribution is -2.53. The molecule has 0 radical (unpaired) electrons. The smallest absolute Gasteiger partial charge is 0.407 e. The fraction of sp³-hybridized carbons (Fsp3) is 0.933. The minimum atomic E-state index is -0.466. The van der Waals surface area contributed by atoms with E-state index in [1.807, 2.05) is 20.8 Å². The molecule has 1 aliphatic heterocycles. The topological polar surface area (TPSA) is 76.8 Å². The number of nitrogens with zero attached hydrogens (tertiary/aromatic N) is 1. The molecule has 3 atom stereocenters. The first kappa shape index (κ1) is 18.2. The fourth-order valence-electron chi connectivity index (χ4n) is 2.62. The number of carbonyl (C=O) groups is 1. The lowest BCUT2D eigenvalue weighted by molar-refractivity contribution is -0.0800. The number of hydrogen-bond acceptors (Lipinski definition) is 5. The van der Waals surface area contributed by atoms with Crippen LogP contribution in [0.2, 0.25) is 0 Å². The Balaban J connectivity index is 2.35. The summed E-state index contributed by atoms with van der Waals surface area (Å²) >= 11 is 0. The number of rotatable bonds is 5. The molecule has 0 bridgehead atoms. The van der Waals surface area contributed by atoms with Gasteiger partial charge in [0.05, 0.1) is 12.2 Å². The van der Waals surface area contributed by atoms with Gasteiger partial charge < -0.3 is 20.5 Å². The number of hydrogen-bond donors (Lipinski definition) is 2. The Labute approximate surface area is 128 Å². The largest absolute Gasteiger partial charge is 0.444 e. The Bertz CT molecular complexity index is 321. The maximum absolute atomic E-state index is 11.6. The quantitative estimate of drug-likeness (QED) is 0.801. The summed E-state index contributed by atoms with van der Waals surface area (Å²) in [6, 6.07) is 0.258. The maximum Gasteiger partial charge on any atom is 0.407 e. The number of amides is 1. The summed E-state index contributed by atoms with van der Waals surface area (Å²) in [6.45, 7) is 12.6. The zero-order valence-electron chi connectivity index (χ0n) is 14.0. The van der Waals surface area contributed by atoms with E-state index >= 15 is 0 Å². The Morgan fingerprint density at radius 3 is 2.43 bits per heavy atom. The van der Waals surface area contributed by atoms with Crippen LogP contribution in [0.15, 0.2) is 0 Å². The van der Waals surface area contributed by atoms with Crippen molar-refractivity contribution in [2.75, 3.05) is 26.2 Å². The number of carbonyl (C=O) groups excluding carboxylic acids is 1. The van der Waals surface area contributed by atoms with Crippen LogP contribution in [-0.2, 0) is 9.47 Å². The zero-order valence-corrected chi connectivity index (χ0v) is 14.0. The van der Waals surface area contributed by atoms with Crippen molar-refractivity contribution in [3.05, 3.63) is 0 Å². The zero-order chi connectivity index (χ0) is 16.0. The molecule has 1 aliphatic rings. The number of nitrogens with one attached hydrogen (secondary N) is 1. The first-order valence-corrected chi connectivity index (χ1v) is 7.77. The van der Waals surface area contributed by atoms with Gasteiger partial charge in [-0.2, -0.15) is 0 Å². The van der Waals surface area contributed by atoms with Crippen LogP contribution in [0.5, 0.6) is 0 Å². The highest BCUT2D eigenvalue weighted by Crippen LogP contribution is 2.15. The molecule has 0 saturated carbocycles. The summed E-state index contributed by atoms with van der Waals surface area (Å²) in [4.78, 5) is 14.0. The molecule has 1 amide bonds. The molecule has 0 aromatic rings. The van der Waals surface area contributed by atoms with Crippen molar-refractivity contribution in [3.8, 4) is 0 Å². The standard InChI is InChI=1S/C15H31N3O3/c1-11-9-18(10-12(2)20-11)13(8-16)6-7-17-14(19)21-15(3,4)5/h11-13H,6-10,16H2,1-5H3,(H,17,19)/t11-,12+,13?. The Morgan fingerprint density at radius 1 is 1.38 bits per heavy atom. The number of ether oxygens (including phenoxy) is 2. The summed E-state index contributed by atoms with van der Waals surface area (Å²) < 4.78 is 11.0. The van der Waals surface area contributed by atoms with Crippen LogP contribution in [0.25, 0.3) is 0 Å². The van der Waals surface area contributed by atoms with Crippen molar-refractivity contribution < 1.29 is 14.3 Å². The second-order valence-electron chi connectivity index (χ2n) is 6.82. The lowest BCUT2D eigenvalue weighted by Gasteiger charge is -2.40. The summed E-state index contributed by atoms with van der Waals surface area (Å²) in [5.41, 5.74) is 5.42. The van der Waals surface area contributed by atoms with Crippen LogP contribution in [0.1, 0.15) is 41.0 Å². The van der Waals surface area contributed by atoms with E-state index in [9.17, 15) is 4.79 Å². The number of alkyl carbamates (subject to hydrolysis) is 1. The van der Waals surface area contributed by atoms with Crippen LogP contribution in [-0.4, -0.2) is 61.0 Å². The molecule has 1 unspecified atom stereocenters. The second-order valence-corrected chi connectivity index (χ2v) is 6.82. The second kappa shape index (κ2) is 7.96. The highest BCUT2D eigenvalue weighted by atomic mass is 16.6. The SMILES string of the molecule is C[C@@H]1CN(C(CN)CCNC(=O)OC(C)(C)C)C[C@H](C)O1. The van der Waals surface area contributed by atoms with E-state index in [0.717, 1.165) is 19.5 Å². The Kier molecular flexibility index (Phi) is 6.90. The molecular weight excluding hydrogens is 270 g/mol. The minimum Gasteiger partial charge on any atom is -0.444 e. The molecule has 0 spiro atoms. The average molecular weight is 301 g/mol. The normalized spacial score (nSPS) is 25.4. The fourth-order valence-corrected chi connectivity index (χ4v) is 2.62. The van der Waals surface area contributed by atoms with E-state index in [-0.39, 0.29) is 24.3 Å². The van der Waals surface area contributed by atoms with Crippen molar-refractivity contribution in [1.82, 2.24) is 10.2 Å². The van der Waals surface area contributed by atoms with Gasteiger partial charge in [0, 0.05) is 32.2 Å². The lowest BCUT2D eigenvalue weighted by atomic mass is 10.1. The molecule has 1 rings (SSSR count). The first-order chi connectivity index (χ1) is 9.71. The predicted octanol–water partition coefficient (Wildman–Crippen LogP) is 1.34. The van der Waals surface area contributed by atoms with E-state index in [1.165, 1.54) is 0 Å². The van der Waals surface area contributed by atoms with Crippen molar-refractivity contribution in [1.29, 1.82) is 0 Å². The highest BCUT2D eigenvalue weighted by molar-refractivity contribution is 5.67. The monoisotopic (exact) mass is 301 g/mol. The molecule has 6 heteroatoms. The molecule has 1 saturated heterocycles. The van der Waals surface area contributed by atoms with Gasteiger partial charge in [-0.05, 0) is 41.0 Å². The summed E-state index contributed by atoms with van der Waals surface area (Å²) in [5.74, 6) is 0. The highest BCUT2D eigenvalue weighted by Gasteiger charge is 2.27. The van der Waals surface area contributed by atoms with Gasteiger partial charge in [-0.25, -0.2) is 4.79 Å². The molecule has 6 nitrogen and oxygen atoms in total. The van der Waals surface area contributed by atoms with Gasteiger partial charge in [0.2, 0.25) is 0 Å². The molecule has 21 heavy (non-hydrogen) atoms.